The molecule has 1 saturated heterocycles. The minimum absolute atomic E-state index is 0.00247. The lowest BCUT2D eigenvalue weighted by molar-refractivity contribution is -0.128. The first kappa shape index (κ1) is 20.7. The van der Waals surface area contributed by atoms with Crippen molar-refractivity contribution in [3.8, 4) is 0 Å². The molecule has 156 valence electrons. The molecule has 2 amide bonds. The second-order valence-corrected chi connectivity index (χ2v) is 9.40. The molecule has 0 radical (unpaired) electrons. The largest absolute Gasteiger partial charge is 0.326 e. The number of carbonyl (C=O) groups excluding carboxylic acids is 2. The molecule has 30 heavy (non-hydrogen) atoms. The molecule has 1 aliphatic heterocycles. The van der Waals surface area contributed by atoms with Gasteiger partial charge in [0, 0.05) is 18.2 Å². The van der Waals surface area contributed by atoms with Crippen LogP contribution >= 0.6 is 11.8 Å². The van der Waals surface area contributed by atoms with Crippen molar-refractivity contribution in [3.05, 3.63) is 58.7 Å². The van der Waals surface area contributed by atoms with E-state index in [0.29, 0.717) is 0 Å². The first-order valence-electron chi connectivity index (χ1n) is 10.3. The summed E-state index contributed by atoms with van der Waals surface area (Å²) >= 11 is 1.42. The third-order valence-electron chi connectivity index (χ3n) is 5.71. The maximum Gasteiger partial charge on any atom is 0.242 e. The Morgan fingerprint density at radius 1 is 1.13 bits per heavy atom. The number of hydrogen-bond acceptors (Lipinski definition) is 4. The maximum absolute atomic E-state index is 13.1. The number of rotatable bonds is 5. The van der Waals surface area contributed by atoms with Gasteiger partial charge in [-0.3, -0.25) is 14.5 Å². The second-order valence-electron chi connectivity index (χ2n) is 8.23. The van der Waals surface area contributed by atoms with Crippen LogP contribution in [0.15, 0.2) is 41.4 Å². The highest BCUT2D eigenvalue weighted by atomic mass is 32.2. The zero-order chi connectivity index (χ0) is 21.4. The van der Waals surface area contributed by atoms with Crippen LogP contribution in [0.4, 0.5) is 11.4 Å². The molecular weight excluding hydrogens is 394 g/mol. The Labute approximate surface area is 182 Å². The fourth-order valence-electron chi connectivity index (χ4n) is 3.56. The number of thioether (sulfide) groups is 1. The number of amides is 2. The van der Waals surface area contributed by atoms with Crippen LogP contribution in [0.2, 0.25) is 0 Å². The van der Waals surface area contributed by atoms with Crippen LogP contribution in [-0.4, -0.2) is 33.2 Å². The van der Waals surface area contributed by atoms with E-state index in [2.05, 4.69) is 18.3 Å². The van der Waals surface area contributed by atoms with E-state index in [9.17, 15) is 9.59 Å². The summed E-state index contributed by atoms with van der Waals surface area (Å²) in [6.45, 7) is 8.07. The molecule has 4 rings (SSSR count). The summed E-state index contributed by atoms with van der Waals surface area (Å²) in [5, 5.41) is 3.27. The zero-order valence-electron chi connectivity index (χ0n) is 17.9. The van der Waals surface area contributed by atoms with Crippen molar-refractivity contribution in [3.63, 3.8) is 0 Å². The molecule has 0 aromatic heterocycles. The summed E-state index contributed by atoms with van der Waals surface area (Å²) in [5.41, 5.74) is 6.08. The highest BCUT2D eigenvalue weighted by Gasteiger charge is 2.46. The third kappa shape index (κ3) is 4.29. The molecule has 2 aromatic rings. The average Bonchev–Trinajstić information content (AvgIpc) is 3.48. The van der Waals surface area contributed by atoms with Crippen LogP contribution < -0.4 is 5.32 Å². The molecule has 1 atom stereocenters. The minimum Gasteiger partial charge on any atom is -0.326 e. The highest BCUT2D eigenvalue weighted by molar-refractivity contribution is 8.15. The normalized spacial score (nSPS) is 20.1. The number of benzene rings is 2. The lowest BCUT2D eigenvalue weighted by atomic mass is 10.1. The first-order valence-corrected chi connectivity index (χ1v) is 11.2. The van der Waals surface area contributed by atoms with Gasteiger partial charge in [-0.25, -0.2) is 4.99 Å². The number of anilines is 1. The van der Waals surface area contributed by atoms with Crippen molar-refractivity contribution in [2.24, 2.45) is 4.99 Å². The van der Waals surface area contributed by atoms with Crippen LogP contribution in [0.5, 0.6) is 0 Å². The molecule has 0 spiro atoms. The van der Waals surface area contributed by atoms with E-state index in [0.717, 1.165) is 46.1 Å². The van der Waals surface area contributed by atoms with Gasteiger partial charge in [-0.1, -0.05) is 36.0 Å². The quantitative estimate of drug-likeness (QED) is 0.735. The van der Waals surface area contributed by atoms with E-state index in [4.69, 9.17) is 4.99 Å². The molecular formula is C24H27N3O2S. The van der Waals surface area contributed by atoms with E-state index in [1.807, 2.05) is 56.0 Å². The lowest BCUT2D eigenvalue weighted by Gasteiger charge is -2.16. The van der Waals surface area contributed by atoms with Crippen molar-refractivity contribution < 1.29 is 9.59 Å². The number of hydrogen-bond donors (Lipinski definition) is 1. The standard InChI is InChI=1S/C24H27N3O2S/c1-14-8-9-16(3)20(12-14)25-22(28)13-21-23(29)27(18-10-11-18)24(30-21)26-19-7-5-6-15(2)17(19)4/h5-9,12,18,21H,10-11,13H2,1-4H3,(H,25,28)/t21-/m1/s1. The monoisotopic (exact) mass is 421 g/mol. The Bertz CT molecular complexity index is 1040. The summed E-state index contributed by atoms with van der Waals surface area (Å²) in [4.78, 5) is 32.4. The molecule has 1 saturated carbocycles. The van der Waals surface area contributed by atoms with Crippen molar-refractivity contribution >= 4 is 40.1 Å². The summed E-state index contributed by atoms with van der Waals surface area (Å²) < 4.78 is 0. The van der Waals surface area contributed by atoms with E-state index in [1.54, 1.807) is 0 Å². The van der Waals surface area contributed by atoms with Crippen molar-refractivity contribution in [1.82, 2.24) is 4.90 Å². The van der Waals surface area contributed by atoms with Gasteiger partial charge in [0.2, 0.25) is 11.8 Å². The van der Waals surface area contributed by atoms with Gasteiger partial charge in [0.1, 0.15) is 5.25 Å². The molecule has 0 unspecified atom stereocenters. The van der Waals surface area contributed by atoms with E-state index >= 15 is 0 Å². The van der Waals surface area contributed by atoms with Crippen LogP contribution in [-0.2, 0) is 9.59 Å². The number of aliphatic imine (C=N–C) groups is 1. The van der Waals surface area contributed by atoms with Gasteiger partial charge in [0.05, 0.1) is 5.69 Å². The number of amidine groups is 1. The van der Waals surface area contributed by atoms with Crippen LogP contribution in [0.1, 0.15) is 41.5 Å². The van der Waals surface area contributed by atoms with Crippen LogP contribution in [0.3, 0.4) is 0 Å². The number of aryl methyl sites for hydroxylation is 3. The molecule has 0 bridgehead atoms. The molecule has 2 aromatic carbocycles. The fourth-order valence-corrected chi connectivity index (χ4v) is 4.77. The van der Waals surface area contributed by atoms with Gasteiger partial charge in [-0.2, -0.15) is 0 Å². The van der Waals surface area contributed by atoms with E-state index in [-0.39, 0.29) is 24.3 Å². The van der Waals surface area contributed by atoms with E-state index < -0.39 is 5.25 Å². The molecule has 1 heterocycles. The van der Waals surface area contributed by atoms with Crippen LogP contribution in [0.25, 0.3) is 0 Å². The topological polar surface area (TPSA) is 61.8 Å². The molecule has 1 N–H and O–H groups in total. The first-order chi connectivity index (χ1) is 14.3. The number of carbonyl (C=O) groups is 2. The second kappa shape index (κ2) is 8.26. The van der Waals surface area contributed by atoms with Gasteiger partial charge in [0.25, 0.3) is 0 Å². The molecule has 6 heteroatoms. The summed E-state index contributed by atoms with van der Waals surface area (Å²) in [7, 11) is 0. The van der Waals surface area contributed by atoms with Crippen molar-refractivity contribution in [1.29, 1.82) is 0 Å². The Kier molecular flexibility index (Phi) is 5.69. The SMILES string of the molecule is Cc1ccc(C)c(NC(=O)C[C@H]2SC(=Nc3cccc(C)c3C)N(C3CC3)C2=O)c1. The lowest BCUT2D eigenvalue weighted by Crippen LogP contribution is -2.35. The Morgan fingerprint density at radius 3 is 2.63 bits per heavy atom. The van der Waals surface area contributed by atoms with E-state index in [1.165, 1.54) is 17.3 Å². The number of nitrogens with zero attached hydrogens (tertiary/aromatic N) is 2. The van der Waals surface area contributed by atoms with Gasteiger partial charge < -0.3 is 5.32 Å². The minimum atomic E-state index is -0.431. The summed E-state index contributed by atoms with van der Waals surface area (Å²) in [6, 6.07) is 12.2. The third-order valence-corrected chi connectivity index (χ3v) is 6.86. The zero-order valence-corrected chi connectivity index (χ0v) is 18.7. The molecule has 1 aliphatic carbocycles. The summed E-state index contributed by atoms with van der Waals surface area (Å²) in [5.74, 6) is -0.138. The molecule has 5 nitrogen and oxygen atoms in total. The smallest absolute Gasteiger partial charge is 0.242 e. The van der Waals surface area contributed by atoms with Crippen molar-refractivity contribution in [2.45, 2.75) is 58.2 Å². The maximum atomic E-state index is 13.1. The fraction of sp³-hybridized carbons (Fsp3) is 0.375. The highest BCUT2D eigenvalue weighted by Crippen LogP contribution is 2.40. The Morgan fingerprint density at radius 2 is 1.90 bits per heavy atom. The van der Waals surface area contributed by atoms with Crippen LogP contribution in [0, 0.1) is 27.7 Å². The Balaban J connectivity index is 1.53. The molecule has 2 fully saturated rings. The predicted molar refractivity (Wildman–Crippen MR) is 123 cm³/mol. The average molecular weight is 422 g/mol. The van der Waals surface area contributed by atoms with Gasteiger partial charge in [-0.05, 0) is 74.9 Å². The predicted octanol–water partition coefficient (Wildman–Crippen LogP) is 5.04. The van der Waals surface area contributed by atoms with Gasteiger partial charge in [0.15, 0.2) is 5.17 Å². The van der Waals surface area contributed by atoms with Gasteiger partial charge in [-0.15, -0.1) is 0 Å². The van der Waals surface area contributed by atoms with Gasteiger partial charge >= 0.3 is 0 Å². The number of nitrogens with one attached hydrogen (secondary N) is 1. The molecule has 2 aliphatic rings. The summed E-state index contributed by atoms with van der Waals surface area (Å²) in [6.07, 6.45) is 2.14. The Hall–Kier alpha value is -2.60. The van der Waals surface area contributed by atoms with Crippen molar-refractivity contribution in [2.75, 3.05) is 5.32 Å².